The van der Waals surface area contributed by atoms with Gasteiger partial charge in [-0.2, -0.15) is 0 Å². The van der Waals surface area contributed by atoms with Crippen molar-refractivity contribution in [3.05, 3.63) is 65.2 Å². The highest BCUT2D eigenvalue weighted by atomic mass is 16.3. The van der Waals surface area contributed by atoms with Crippen LogP contribution in [0.5, 0.6) is 0 Å². The van der Waals surface area contributed by atoms with E-state index in [4.69, 9.17) is 0 Å². The second-order valence-corrected chi connectivity index (χ2v) is 6.85. The Balaban J connectivity index is 1.73. The van der Waals surface area contributed by atoms with Gasteiger partial charge in [0.2, 0.25) is 0 Å². The number of likely N-dealkylation sites (tertiary alicyclic amines) is 1. The van der Waals surface area contributed by atoms with Gasteiger partial charge >= 0.3 is 0 Å². The second-order valence-electron chi connectivity index (χ2n) is 6.85. The van der Waals surface area contributed by atoms with Crippen molar-refractivity contribution in [3.8, 4) is 0 Å². The third kappa shape index (κ3) is 4.20. The van der Waals surface area contributed by atoms with Crippen molar-refractivity contribution in [2.75, 3.05) is 18.4 Å². The molecule has 2 aromatic rings. The van der Waals surface area contributed by atoms with Gasteiger partial charge in [0.1, 0.15) is 0 Å². The Bertz CT molecular complexity index is 744. The number of anilines is 1. The molecule has 4 heteroatoms. The van der Waals surface area contributed by atoms with E-state index in [9.17, 15) is 9.90 Å². The van der Waals surface area contributed by atoms with Crippen LogP contribution >= 0.6 is 0 Å². The van der Waals surface area contributed by atoms with Crippen LogP contribution in [0.3, 0.4) is 0 Å². The van der Waals surface area contributed by atoms with Gasteiger partial charge in [-0.15, -0.1) is 0 Å². The van der Waals surface area contributed by atoms with Crippen molar-refractivity contribution < 1.29 is 9.90 Å². The van der Waals surface area contributed by atoms with E-state index in [-0.39, 0.29) is 11.9 Å². The van der Waals surface area contributed by atoms with Crippen LogP contribution in [0.25, 0.3) is 0 Å². The Labute approximate surface area is 149 Å². The first-order valence-corrected chi connectivity index (χ1v) is 8.94. The molecule has 0 spiro atoms. The van der Waals surface area contributed by atoms with Crippen molar-refractivity contribution >= 4 is 11.6 Å². The molecule has 1 amide bonds. The van der Waals surface area contributed by atoms with Crippen LogP contribution in [0.4, 0.5) is 5.69 Å². The summed E-state index contributed by atoms with van der Waals surface area (Å²) < 4.78 is 0. The standard InChI is InChI=1S/C21H26N2O2/c1-15-7-3-4-11-20(15)16(2)22-18-9-5-8-17(13-18)21(25)23-12-6-10-19(24)14-23/h3-5,7-9,11,13,16,19,22,24H,6,10,12,14H2,1-2H3. The van der Waals surface area contributed by atoms with E-state index in [1.807, 2.05) is 36.4 Å². The molecule has 2 aromatic carbocycles. The first-order valence-electron chi connectivity index (χ1n) is 8.94. The number of aryl methyl sites for hydroxylation is 1. The van der Waals surface area contributed by atoms with Gasteiger partial charge in [-0.1, -0.05) is 30.3 Å². The van der Waals surface area contributed by atoms with E-state index in [0.29, 0.717) is 18.7 Å². The van der Waals surface area contributed by atoms with E-state index in [2.05, 4.69) is 31.3 Å². The average molecular weight is 338 g/mol. The quantitative estimate of drug-likeness (QED) is 0.892. The number of benzene rings is 2. The fourth-order valence-electron chi connectivity index (χ4n) is 3.46. The Hall–Kier alpha value is -2.33. The lowest BCUT2D eigenvalue weighted by Gasteiger charge is -2.30. The largest absolute Gasteiger partial charge is 0.391 e. The van der Waals surface area contributed by atoms with Gasteiger partial charge in [0.15, 0.2) is 0 Å². The van der Waals surface area contributed by atoms with Crippen LogP contribution in [0.2, 0.25) is 0 Å². The van der Waals surface area contributed by atoms with Crippen molar-refractivity contribution in [2.45, 2.75) is 38.8 Å². The van der Waals surface area contributed by atoms with E-state index in [1.165, 1.54) is 11.1 Å². The number of hydrogen-bond donors (Lipinski definition) is 2. The highest BCUT2D eigenvalue weighted by Gasteiger charge is 2.23. The summed E-state index contributed by atoms with van der Waals surface area (Å²) in [4.78, 5) is 14.4. The zero-order chi connectivity index (χ0) is 17.8. The fraction of sp³-hybridized carbons (Fsp3) is 0.381. The predicted octanol–water partition coefficient (Wildman–Crippen LogP) is 3.77. The Morgan fingerprint density at radius 2 is 2.04 bits per heavy atom. The molecule has 1 heterocycles. The van der Waals surface area contributed by atoms with Crippen LogP contribution in [-0.4, -0.2) is 35.1 Å². The number of rotatable bonds is 4. The Morgan fingerprint density at radius 1 is 1.24 bits per heavy atom. The van der Waals surface area contributed by atoms with Crippen LogP contribution in [-0.2, 0) is 0 Å². The number of carbonyl (C=O) groups is 1. The summed E-state index contributed by atoms with van der Waals surface area (Å²) in [5, 5.41) is 13.3. The number of amides is 1. The molecule has 25 heavy (non-hydrogen) atoms. The lowest BCUT2D eigenvalue weighted by atomic mass is 10.0. The maximum absolute atomic E-state index is 12.7. The van der Waals surface area contributed by atoms with Gasteiger partial charge < -0.3 is 15.3 Å². The molecule has 2 unspecified atom stereocenters. The number of nitrogens with zero attached hydrogens (tertiary/aromatic N) is 1. The number of piperidine rings is 1. The lowest BCUT2D eigenvalue weighted by molar-refractivity contribution is 0.0474. The average Bonchev–Trinajstić information content (AvgIpc) is 2.61. The number of hydrogen-bond acceptors (Lipinski definition) is 3. The first-order chi connectivity index (χ1) is 12.0. The maximum Gasteiger partial charge on any atom is 0.254 e. The first kappa shape index (κ1) is 17.5. The summed E-state index contributed by atoms with van der Waals surface area (Å²) in [7, 11) is 0. The minimum atomic E-state index is -0.403. The molecule has 1 fully saturated rings. The van der Waals surface area contributed by atoms with Crippen molar-refractivity contribution in [1.29, 1.82) is 0 Å². The van der Waals surface area contributed by atoms with E-state index < -0.39 is 6.10 Å². The summed E-state index contributed by atoms with van der Waals surface area (Å²) >= 11 is 0. The molecule has 0 aromatic heterocycles. The summed E-state index contributed by atoms with van der Waals surface area (Å²) in [5.41, 5.74) is 4.09. The van der Waals surface area contributed by atoms with E-state index in [0.717, 1.165) is 18.5 Å². The fourth-order valence-corrected chi connectivity index (χ4v) is 3.46. The highest BCUT2D eigenvalue weighted by molar-refractivity contribution is 5.95. The number of β-amino-alcohol motifs (C(OH)–C–C–N with tert-alkyl or cyclic N) is 1. The minimum absolute atomic E-state index is 0.00838. The third-order valence-corrected chi connectivity index (χ3v) is 4.83. The molecule has 0 aliphatic carbocycles. The number of aliphatic hydroxyl groups excluding tert-OH is 1. The predicted molar refractivity (Wildman–Crippen MR) is 101 cm³/mol. The summed E-state index contributed by atoms with van der Waals surface area (Å²) in [6, 6.07) is 16.1. The Morgan fingerprint density at radius 3 is 2.80 bits per heavy atom. The number of carbonyl (C=O) groups excluding carboxylic acids is 1. The zero-order valence-electron chi connectivity index (χ0n) is 14.9. The summed E-state index contributed by atoms with van der Waals surface area (Å²) in [6.45, 7) is 5.37. The third-order valence-electron chi connectivity index (χ3n) is 4.83. The molecule has 132 valence electrons. The van der Waals surface area contributed by atoms with Gasteiger partial charge in [0, 0.05) is 30.4 Å². The monoisotopic (exact) mass is 338 g/mol. The van der Waals surface area contributed by atoms with Crippen LogP contribution in [0.15, 0.2) is 48.5 Å². The molecule has 0 saturated carbocycles. The summed E-state index contributed by atoms with van der Waals surface area (Å²) in [6.07, 6.45) is 1.23. The van der Waals surface area contributed by atoms with Crippen LogP contribution in [0, 0.1) is 6.92 Å². The second kappa shape index (κ2) is 7.70. The highest BCUT2D eigenvalue weighted by Crippen LogP contribution is 2.23. The molecule has 2 N–H and O–H groups in total. The molecule has 1 aliphatic heterocycles. The van der Waals surface area contributed by atoms with Crippen LogP contribution < -0.4 is 5.32 Å². The smallest absolute Gasteiger partial charge is 0.254 e. The maximum atomic E-state index is 12.7. The van der Waals surface area contributed by atoms with Gasteiger partial charge in [-0.05, 0) is 56.0 Å². The minimum Gasteiger partial charge on any atom is -0.391 e. The molecule has 1 saturated heterocycles. The summed E-state index contributed by atoms with van der Waals surface area (Å²) in [5.74, 6) is -0.00838. The zero-order valence-corrected chi connectivity index (χ0v) is 14.9. The molecule has 4 nitrogen and oxygen atoms in total. The topological polar surface area (TPSA) is 52.6 Å². The lowest BCUT2D eigenvalue weighted by Crippen LogP contribution is -2.42. The van der Waals surface area contributed by atoms with Gasteiger partial charge in [-0.3, -0.25) is 4.79 Å². The Kier molecular flexibility index (Phi) is 5.39. The molecule has 0 bridgehead atoms. The van der Waals surface area contributed by atoms with E-state index in [1.54, 1.807) is 4.90 Å². The molecular formula is C21H26N2O2. The molecular weight excluding hydrogens is 312 g/mol. The van der Waals surface area contributed by atoms with Crippen LogP contribution in [0.1, 0.15) is 47.3 Å². The normalized spacial score (nSPS) is 18.7. The van der Waals surface area contributed by atoms with Gasteiger partial charge in [-0.25, -0.2) is 0 Å². The number of nitrogens with one attached hydrogen (secondary N) is 1. The SMILES string of the molecule is Cc1ccccc1C(C)Nc1cccc(C(=O)N2CCCC(O)C2)c1. The van der Waals surface area contributed by atoms with Crippen molar-refractivity contribution in [1.82, 2.24) is 4.90 Å². The van der Waals surface area contributed by atoms with Gasteiger partial charge in [0.05, 0.1) is 6.10 Å². The molecule has 2 atom stereocenters. The van der Waals surface area contributed by atoms with Crippen molar-refractivity contribution in [2.24, 2.45) is 0 Å². The van der Waals surface area contributed by atoms with Gasteiger partial charge in [0.25, 0.3) is 5.91 Å². The van der Waals surface area contributed by atoms with E-state index >= 15 is 0 Å². The number of aliphatic hydroxyl groups is 1. The van der Waals surface area contributed by atoms with Crippen molar-refractivity contribution in [3.63, 3.8) is 0 Å². The molecule has 0 radical (unpaired) electrons. The molecule has 1 aliphatic rings. The molecule has 3 rings (SSSR count).